The standard InChI is InChI=1S/C21H20N4O2/c1-2-15-7-9-16(10-8-15)14-25-20(11-12-22-25)23-21(26)13-18-17-5-3-4-6-19(17)27-24-18/h3-12H,2,13-14H2,1H3,(H,23,26). The first-order valence-electron chi connectivity index (χ1n) is 8.95. The van der Waals surface area contributed by atoms with Crippen molar-refractivity contribution in [2.75, 3.05) is 5.32 Å². The summed E-state index contributed by atoms with van der Waals surface area (Å²) in [5, 5.41) is 12.1. The van der Waals surface area contributed by atoms with Crippen molar-refractivity contribution in [2.45, 2.75) is 26.3 Å². The first kappa shape index (κ1) is 17.0. The fraction of sp³-hybridized carbons (Fsp3) is 0.190. The summed E-state index contributed by atoms with van der Waals surface area (Å²) in [6, 6.07) is 17.7. The van der Waals surface area contributed by atoms with E-state index in [2.05, 4.69) is 46.8 Å². The van der Waals surface area contributed by atoms with Gasteiger partial charge in [0.15, 0.2) is 5.58 Å². The van der Waals surface area contributed by atoms with Crippen molar-refractivity contribution in [3.05, 3.63) is 77.6 Å². The van der Waals surface area contributed by atoms with E-state index < -0.39 is 0 Å². The van der Waals surface area contributed by atoms with Crippen LogP contribution in [0.25, 0.3) is 11.0 Å². The summed E-state index contributed by atoms with van der Waals surface area (Å²) in [4.78, 5) is 12.5. The van der Waals surface area contributed by atoms with Gasteiger partial charge < -0.3 is 9.84 Å². The smallest absolute Gasteiger partial charge is 0.231 e. The maximum atomic E-state index is 12.5. The van der Waals surface area contributed by atoms with E-state index in [9.17, 15) is 4.79 Å². The van der Waals surface area contributed by atoms with Gasteiger partial charge in [0.1, 0.15) is 11.5 Å². The van der Waals surface area contributed by atoms with E-state index in [0.717, 1.165) is 17.4 Å². The maximum Gasteiger partial charge on any atom is 0.231 e. The summed E-state index contributed by atoms with van der Waals surface area (Å²) in [6.07, 6.45) is 2.84. The molecule has 0 saturated carbocycles. The monoisotopic (exact) mass is 360 g/mol. The molecule has 0 fully saturated rings. The van der Waals surface area contributed by atoms with E-state index in [1.807, 2.05) is 24.3 Å². The van der Waals surface area contributed by atoms with Crippen LogP contribution >= 0.6 is 0 Å². The normalized spacial score (nSPS) is 11.0. The molecule has 0 saturated heterocycles. The Morgan fingerprint density at radius 1 is 1.07 bits per heavy atom. The van der Waals surface area contributed by atoms with E-state index in [1.54, 1.807) is 16.9 Å². The summed E-state index contributed by atoms with van der Waals surface area (Å²) in [5.41, 5.74) is 3.74. The second-order valence-corrected chi connectivity index (χ2v) is 6.39. The van der Waals surface area contributed by atoms with Gasteiger partial charge in [0.05, 0.1) is 19.2 Å². The number of carbonyl (C=O) groups excluding carboxylic acids is 1. The van der Waals surface area contributed by atoms with Gasteiger partial charge in [-0.1, -0.05) is 48.5 Å². The number of nitrogens with zero attached hydrogens (tertiary/aromatic N) is 3. The van der Waals surface area contributed by atoms with E-state index in [0.29, 0.717) is 23.6 Å². The Morgan fingerprint density at radius 2 is 1.85 bits per heavy atom. The number of hydrogen-bond donors (Lipinski definition) is 1. The second-order valence-electron chi connectivity index (χ2n) is 6.39. The van der Waals surface area contributed by atoms with Crippen LogP contribution in [0.3, 0.4) is 0 Å². The molecular weight excluding hydrogens is 340 g/mol. The summed E-state index contributed by atoms with van der Waals surface area (Å²) in [7, 11) is 0. The lowest BCUT2D eigenvalue weighted by Gasteiger charge is -2.09. The summed E-state index contributed by atoms with van der Waals surface area (Å²) in [5.74, 6) is 0.504. The highest BCUT2D eigenvalue weighted by Gasteiger charge is 2.14. The first-order valence-corrected chi connectivity index (χ1v) is 8.95. The molecular formula is C21H20N4O2. The molecule has 0 aliphatic rings. The number of aryl methyl sites for hydroxylation is 1. The minimum atomic E-state index is -0.155. The molecule has 4 aromatic rings. The number of nitrogens with one attached hydrogen (secondary N) is 1. The third kappa shape index (κ3) is 3.74. The third-order valence-electron chi connectivity index (χ3n) is 4.53. The Hall–Kier alpha value is -3.41. The molecule has 4 rings (SSSR count). The van der Waals surface area contributed by atoms with Gasteiger partial charge in [-0.15, -0.1) is 0 Å². The van der Waals surface area contributed by atoms with Crippen molar-refractivity contribution in [1.29, 1.82) is 0 Å². The highest BCUT2D eigenvalue weighted by atomic mass is 16.5. The summed E-state index contributed by atoms with van der Waals surface area (Å²) in [6.45, 7) is 2.73. The maximum absolute atomic E-state index is 12.5. The Bertz CT molecular complexity index is 1060. The van der Waals surface area contributed by atoms with Gasteiger partial charge in [-0.3, -0.25) is 4.79 Å². The molecule has 0 atom stereocenters. The largest absolute Gasteiger partial charge is 0.356 e. The van der Waals surface area contributed by atoms with Crippen LogP contribution in [0.1, 0.15) is 23.7 Å². The molecule has 27 heavy (non-hydrogen) atoms. The lowest BCUT2D eigenvalue weighted by molar-refractivity contribution is -0.115. The highest BCUT2D eigenvalue weighted by molar-refractivity contribution is 5.94. The molecule has 0 aliphatic carbocycles. The Morgan fingerprint density at radius 3 is 2.67 bits per heavy atom. The fourth-order valence-corrected chi connectivity index (χ4v) is 3.02. The number of anilines is 1. The minimum Gasteiger partial charge on any atom is -0.356 e. The zero-order chi connectivity index (χ0) is 18.6. The molecule has 136 valence electrons. The average Bonchev–Trinajstić information content (AvgIpc) is 3.30. The first-order chi connectivity index (χ1) is 13.2. The quantitative estimate of drug-likeness (QED) is 0.567. The van der Waals surface area contributed by atoms with Crippen LogP contribution < -0.4 is 5.32 Å². The van der Waals surface area contributed by atoms with Crippen LogP contribution in [0.15, 0.2) is 65.3 Å². The molecule has 6 nitrogen and oxygen atoms in total. The van der Waals surface area contributed by atoms with E-state index in [-0.39, 0.29) is 12.3 Å². The molecule has 1 N–H and O–H groups in total. The highest BCUT2D eigenvalue weighted by Crippen LogP contribution is 2.19. The number of hydrogen-bond acceptors (Lipinski definition) is 4. The molecule has 0 unspecified atom stereocenters. The van der Waals surface area contributed by atoms with Gasteiger partial charge in [-0.05, 0) is 29.7 Å². The molecule has 2 heterocycles. The van der Waals surface area contributed by atoms with Crippen molar-refractivity contribution < 1.29 is 9.32 Å². The van der Waals surface area contributed by atoms with Crippen LogP contribution in [-0.2, 0) is 24.2 Å². The molecule has 2 aromatic carbocycles. The molecule has 2 aromatic heterocycles. The van der Waals surface area contributed by atoms with Gasteiger partial charge in [0.25, 0.3) is 0 Å². The number of amides is 1. The number of carbonyl (C=O) groups is 1. The van der Waals surface area contributed by atoms with Crippen molar-refractivity contribution in [3.8, 4) is 0 Å². The zero-order valence-corrected chi connectivity index (χ0v) is 15.1. The van der Waals surface area contributed by atoms with Crippen molar-refractivity contribution in [1.82, 2.24) is 14.9 Å². The van der Waals surface area contributed by atoms with Crippen molar-refractivity contribution in [2.24, 2.45) is 0 Å². The summed E-state index contributed by atoms with van der Waals surface area (Å²) < 4.78 is 7.04. The average molecular weight is 360 g/mol. The Balaban J connectivity index is 1.45. The Labute approximate surface area is 156 Å². The fourth-order valence-electron chi connectivity index (χ4n) is 3.02. The lowest BCUT2D eigenvalue weighted by Crippen LogP contribution is -2.18. The number of aromatic nitrogens is 3. The van der Waals surface area contributed by atoms with Gasteiger partial charge in [-0.2, -0.15) is 5.10 Å². The van der Waals surface area contributed by atoms with E-state index >= 15 is 0 Å². The van der Waals surface area contributed by atoms with Crippen LogP contribution in [0.5, 0.6) is 0 Å². The second kappa shape index (κ2) is 7.45. The van der Waals surface area contributed by atoms with Crippen LogP contribution in [-0.4, -0.2) is 20.8 Å². The number of benzene rings is 2. The SMILES string of the molecule is CCc1ccc(Cn2nccc2NC(=O)Cc2noc3ccccc23)cc1. The number of para-hydroxylation sites is 1. The lowest BCUT2D eigenvalue weighted by atomic mass is 10.1. The van der Waals surface area contributed by atoms with Crippen molar-refractivity contribution >= 4 is 22.7 Å². The van der Waals surface area contributed by atoms with Crippen LogP contribution in [0.2, 0.25) is 0 Å². The van der Waals surface area contributed by atoms with Gasteiger partial charge >= 0.3 is 0 Å². The van der Waals surface area contributed by atoms with Gasteiger partial charge in [0, 0.05) is 11.5 Å². The molecule has 1 amide bonds. The molecule has 0 radical (unpaired) electrons. The predicted octanol–water partition coefficient (Wildman–Crippen LogP) is 3.82. The van der Waals surface area contributed by atoms with E-state index in [1.165, 1.54) is 5.56 Å². The molecule has 0 bridgehead atoms. The molecule has 0 spiro atoms. The van der Waals surface area contributed by atoms with Crippen molar-refractivity contribution in [3.63, 3.8) is 0 Å². The van der Waals surface area contributed by atoms with E-state index in [4.69, 9.17) is 4.52 Å². The summed E-state index contributed by atoms with van der Waals surface area (Å²) >= 11 is 0. The topological polar surface area (TPSA) is 73.0 Å². The predicted molar refractivity (Wildman–Crippen MR) is 103 cm³/mol. The molecule has 0 aliphatic heterocycles. The van der Waals surface area contributed by atoms with Crippen LogP contribution in [0.4, 0.5) is 5.82 Å². The number of rotatable bonds is 6. The minimum absolute atomic E-state index is 0.146. The number of fused-ring (bicyclic) bond motifs is 1. The zero-order valence-electron chi connectivity index (χ0n) is 15.1. The van der Waals surface area contributed by atoms with Gasteiger partial charge in [-0.25, -0.2) is 4.68 Å². The third-order valence-corrected chi connectivity index (χ3v) is 4.53. The Kier molecular flexibility index (Phi) is 4.70. The van der Waals surface area contributed by atoms with Gasteiger partial charge in [0.2, 0.25) is 5.91 Å². The van der Waals surface area contributed by atoms with Crippen LogP contribution in [0, 0.1) is 0 Å². The molecule has 6 heteroatoms.